The molecule has 0 unspecified atom stereocenters. The van der Waals surface area contributed by atoms with Gasteiger partial charge in [0, 0.05) is 32.6 Å². The molecule has 8 nitrogen and oxygen atoms in total. The van der Waals surface area contributed by atoms with Crippen LogP contribution in [0.15, 0.2) is 42.2 Å². The maximum Gasteiger partial charge on any atom is 0.191 e. The molecule has 0 radical (unpaired) electrons. The Labute approximate surface area is 189 Å². The third-order valence-electron chi connectivity index (χ3n) is 4.19. The summed E-state index contributed by atoms with van der Waals surface area (Å²) < 4.78 is 12.7. The number of benzene rings is 1. The second-order valence-electron chi connectivity index (χ2n) is 6.06. The lowest BCUT2D eigenvalue weighted by molar-refractivity contribution is 0.354. The first-order chi connectivity index (χ1) is 13.7. The molecule has 0 aliphatic rings. The van der Waals surface area contributed by atoms with Gasteiger partial charge in [-0.05, 0) is 24.1 Å². The molecule has 160 valence electrons. The molecule has 0 saturated heterocycles. The third kappa shape index (κ3) is 7.92. The summed E-state index contributed by atoms with van der Waals surface area (Å²) in [6.07, 6.45) is 5.22. The molecule has 2 rings (SSSR count). The van der Waals surface area contributed by atoms with Crippen molar-refractivity contribution in [2.75, 3.05) is 33.9 Å². The molecule has 0 aliphatic heterocycles. The van der Waals surface area contributed by atoms with Crippen molar-refractivity contribution < 1.29 is 9.47 Å². The van der Waals surface area contributed by atoms with Gasteiger partial charge in [0.25, 0.3) is 0 Å². The summed E-state index contributed by atoms with van der Waals surface area (Å²) >= 11 is 0. The van der Waals surface area contributed by atoms with Crippen LogP contribution in [-0.2, 0) is 19.4 Å². The highest BCUT2D eigenvalue weighted by molar-refractivity contribution is 14.0. The molecule has 9 heteroatoms. The summed E-state index contributed by atoms with van der Waals surface area (Å²) in [4.78, 5) is 4.65. The zero-order valence-corrected chi connectivity index (χ0v) is 19.7. The highest BCUT2D eigenvalue weighted by Crippen LogP contribution is 2.27. The lowest BCUT2D eigenvalue weighted by Crippen LogP contribution is -2.39. The van der Waals surface area contributed by atoms with Gasteiger partial charge in [-0.3, -0.25) is 4.99 Å². The van der Waals surface area contributed by atoms with Crippen LogP contribution in [0.2, 0.25) is 0 Å². The van der Waals surface area contributed by atoms with E-state index in [1.807, 2.05) is 22.8 Å². The predicted octanol–water partition coefficient (Wildman–Crippen LogP) is 2.44. The maximum atomic E-state index is 5.36. The molecule has 0 bridgehead atoms. The Balaban J connectivity index is 0.00000420. The molecular formula is C20H31IN6O2. The molecule has 0 amide bonds. The van der Waals surface area contributed by atoms with E-state index in [0.29, 0.717) is 13.1 Å². The Morgan fingerprint density at radius 2 is 2.03 bits per heavy atom. The molecule has 0 aliphatic carbocycles. The molecule has 0 saturated carbocycles. The molecule has 2 N–H and O–H groups in total. The van der Waals surface area contributed by atoms with Crippen molar-refractivity contribution in [1.82, 2.24) is 25.4 Å². The van der Waals surface area contributed by atoms with Crippen molar-refractivity contribution in [3.63, 3.8) is 0 Å². The van der Waals surface area contributed by atoms with E-state index in [-0.39, 0.29) is 24.0 Å². The summed E-state index contributed by atoms with van der Waals surface area (Å²) in [6.45, 7) is 8.62. The Morgan fingerprint density at radius 1 is 1.24 bits per heavy atom. The highest BCUT2D eigenvalue weighted by atomic mass is 127. The fourth-order valence-corrected chi connectivity index (χ4v) is 2.71. The number of methoxy groups -OCH3 is 2. The lowest BCUT2D eigenvalue weighted by atomic mass is 10.1. The molecule has 2 aromatic rings. The Morgan fingerprint density at radius 3 is 2.72 bits per heavy atom. The van der Waals surface area contributed by atoms with Crippen LogP contribution in [0.5, 0.6) is 11.5 Å². The molecule has 29 heavy (non-hydrogen) atoms. The molecule has 1 heterocycles. The minimum absolute atomic E-state index is 0. The summed E-state index contributed by atoms with van der Waals surface area (Å²) in [5.41, 5.74) is 1.14. The van der Waals surface area contributed by atoms with Gasteiger partial charge < -0.3 is 24.7 Å². The van der Waals surface area contributed by atoms with Crippen molar-refractivity contribution in [2.45, 2.75) is 26.3 Å². The van der Waals surface area contributed by atoms with E-state index in [4.69, 9.17) is 9.47 Å². The van der Waals surface area contributed by atoms with Crippen LogP contribution in [0.3, 0.4) is 0 Å². The number of aryl methyl sites for hydroxylation is 1. The number of nitrogens with zero attached hydrogens (tertiary/aromatic N) is 4. The number of hydrogen-bond donors (Lipinski definition) is 2. The van der Waals surface area contributed by atoms with E-state index >= 15 is 0 Å². The Hall–Kier alpha value is -2.30. The number of hydrogen-bond acceptors (Lipinski definition) is 5. The molecule has 1 aromatic carbocycles. The summed E-state index contributed by atoms with van der Waals surface area (Å²) in [7, 11) is 3.27. The number of guanidine groups is 1. The van der Waals surface area contributed by atoms with Gasteiger partial charge in [0.2, 0.25) is 0 Å². The van der Waals surface area contributed by atoms with Gasteiger partial charge in [-0.1, -0.05) is 19.1 Å². The largest absolute Gasteiger partial charge is 0.493 e. The van der Waals surface area contributed by atoms with Crippen molar-refractivity contribution in [2.24, 2.45) is 4.99 Å². The topological polar surface area (TPSA) is 85.6 Å². The summed E-state index contributed by atoms with van der Waals surface area (Å²) in [5, 5.41) is 14.6. The molecule has 0 spiro atoms. The zero-order chi connectivity index (χ0) is 20.2. The SMILES string of the molecule is C=CCNC(=NCCc1ccc(OC)c(OC)c1)NCCn1cnnc1CC.I. The standard InChI is InChI=1S/C20H30N6O2.HI/c1-5-10-21-20(23-12-13-26-15-24-25-19(26)6-2)22-11-9-16-7-8-17(27-3)18(14-16)28-4;/h5,7-8,14-15H,1,6,9-13H2,2-4H3,(H2,21,22,23);1H. The highest BCUT2D eigenvalue weighted by Gasteiger charge is 2.05. The van der Waals surface area contributed by atoms with Crippen LogP contribution >= 0.6 is 24.0 Å². The second kappa shape index (κ2) is 13.8. The Kier molecular flexibility index (Phi) is 11.8. The normalized spacial score (nSPS) is 10.8. The van der Waals surface area contributed by atoms with E-state index in [0.717, 1.165) is 54.8 Å². The number of ether oxygens (including phenoxy) is 2. The first-order valence-electron chi connectivity index (χ1n) is 9.42. The number of aliphatic imine (C=N–C) groups is 1. The number of nitrogens with one attached hydrogen (secondary N) is 2. The van der Waals surface area contributed by atoms with Gasteiger partial charge >= 0.3 is 0 Å². The molecule has 0 atom stereocenters. The number of aromatic nitrogens is 3. The average Bonchev–Trinajstić information content (AvgIpc) is 3.18. The quantitative estimate of drug-likeness (QED) is 0.208. The predicted molar refractivity (Wildman–Crippen MR) is 127 cm³/mol. The summed E-state index contributed by atoms with van der Waals surface area (Å²) in [6, 6.07) is 5.92. The van der Waals surface area contributed by atoms with Gasteiger partial charge in [-0.25, -0.2) is 0 Å². The van der Waals surface area contributed by atoms with Gasteiger partial charge in [0.1, 0.15) is 12.2 Å². The van der Waals surface area contributed by atoms with Gasteiger partial charge in [0.15, 0.2) is 17.5 Å². The Bertz CT molecular complexity index is 778. The van der Waals surface area contributed by atoms with Crippen LogP contribution < -0.4 is 20.1 Å². The average molecular weight is 514 g/mol. The van der Waals surface area contributed by atoms with Crippen molar-refractivity contribution in [3.05, 3.63) is 48.6 Å². The van der Waals surface area contributed by atoms with Crippen molar-refractivity contribution >= 4 is 29.9 Å². The van der Waals surface area contributed by atoms with Crippen molar-refractivity contribution in [1.29, 1.82) is 0 Å². The van der Waals surface area contributed by atoms with Gasteiger partial charge in [-0.2, -0.15) is 0 Å². The van der Waals surface area contributed by atoms with Crippen molar-refractivity contribution in [3.8, 4) is 11.5 Å². The maximum absolute atomic E-state index is 5.36. The molecule has 0 fully saturated rings. The first-order valence-corrected chi connectivity index (χ1v) is 9.42. The van der Waals surface area contributed by atoms with E-state index < -0.39 is 0 Å². The van der Waals surface area contributed by atoms with E-state index in [9.17, 15) is 0 Å². The zero-order valence-electron chi connectivity index (χ0n) is 17.4. The van der Waals surface area contributed by atoms with Crippen LogP contribution in [0.1, 0.15) is 18.3 Å². The third-order valence-corrected chi connectivity index (χ3v) is 4.19. The number of rotatable bonds is 11. The minimum atomic E-state index is 0. The lowest BCUT2D eigenvalue weighted by Gasteiger charge is -2.13. The van der Waals surface area contributed by atoms with Gasteiger partial charge in [0.05, 0.1) is 14.2 Å². The van der Waals surface area contributed by atoms with E-state index in [1.165, 1.54) is 0 Å². The summed E-state index contributed by atoms with van der Waals surface area (Å²) in [5.74, 6) is 3.19. The van der Waals surface area contributed by atoms with Crippen LogP contribution in [0.25, 0.3) is 0 Å². The van der Waals surface area contributed by atoms with Crippen LogP contribution in [-0.4, -0.2) is 54.6 Å². The van der Waals surface area contributed by atoms with Gasteiger partial charge in [-0.15, -0.1) is 40.8 Å². The molecule has 1 aromatic heterocycles. The minimum Gasteiger partial charge on any atom is -0.493 e. The van der Waals surface area contributed by atoms with Crippen LogP contribution in [0, 0.1) is 0 Å². The fourth-order valence-electron chi connectivity index (χ4n) is 2.71. The van der Waals surface area contributed by atoms with E-state index in [1.54, 1.807) is 26.6 Å². The van der Waals surface area contributed by atoms with E-state index in [2.05, 4.69) is 39.3 Å². The monoisotopic (exact) mass is 514 g/mol. The number of halogens is 1. The smallest absolute Gasteiger partial charge is 0.191 e. The van der Waals surface area contributed by atoms with Crippen LogP contribution in [0.4, 0.5) is 0 Å². The second-order valence-corrected chi connectivity index (χ2v) is 6.06. The fraction of sp³-hybridized carbons (Fsp3) is 0.450. The molecular weight excluding hydrogens is 483 g/mol. The first kappa shape index (κ1) is 24.7.